The number of hydrogen-bond acceptors (Lipinski definition) is 5. The summed E-state index contributed by atoms with van der Waals surface area (Å²) in [5.41, 5.74) is 2.42. The summed E-state index contributed by atoms with van der Waals surface area (Å²) in [6.45, 7) is 2.70. The summed E-state index contributed by atoms with van der Waals surface area (Å²) in [7, 11) is 0. The van der Waals surface area contributed by atoms with E-state index in [2.05, 4.69) is 6.07 Å². The number of nitriles is 1. The van der Waals surface area contributed by atoms with Crippen LogP contribution in [0.2, 0.25) is 0 Å². The van der Waals surface area contributed by atoms with Gasteiger partial charge in [-0.1, -0.05) is 36.4 Å². The largest absolute Gasteiger partial charge is 0.455 e. The SMILES string of the molecule is CCOCc1c(C(=O)OCc2ccccc2C#N)oc2ccccc12. The monoisotopic (exact) mass is 335 g/mol. The molecule has 0 bridgehead atoms. The highest BCUT2D eigenvalue weighted by atomic mass is 16.5. The van der Waals surface area contributed by atoms with Crippen LogP contribution in [-0.2, 0) is 22.7 Å². The number of para-hydroxylation sites is 1. The number of carbonyl (C=O) groups excluding carboxylic acids is 1. The van der Waals surface area contributed by atoms with Crippen molar-refractivity contribution in [3.63, 3.8) is 0 Å². The summed E-state index contributed by atoms with van der Waals surface area (Å²) in [5.74, 6) is -0.428. The molecule has 0 aliphatic rings. The van der Waals surface area contributed by atoms with Gasteiger partial charge in [0.25, 0.3) is 0 Å². The van der Waals surface area contributed by atoms with Crippen molar-refractivity contribution < 1.29 is 18.7 Å². The van der Waals surface area contributed by atoms with Crippen molar-refractivity contribution in [1.82, 2.24) is 0 Å². The van der Waals surface area contributed by atoms with Gasteiger partial charge in [-0.25, -0.2) is 4.79 Å². The minimum absolute atomic E-state index is 0.00763. The zero-order valence-electron chi connectivity index (χ0n) is 13.8. The molecular formula is C20H17NO4. The summed E-state index contributed by atoms with van der Waals surface area (Å²) in [6.07, 6.45) is 0. The van der Waals surface area contributed by atoms with Gasteiger partial charge in [-0.2, -0.15) is 5.26 Å². The number of carbonyl (C=O) groups is 1. The van der Waals surface area contributed by atoms with Crippen LogP contribution in [0.5, 0.6) is 0 Å². The highest BCUT2D eigenvalue weighted by Gasteiger charge is 2.22. The Morgan fingerprint density at radius 2 is 1.88 bits per heavy atom. The van der Waals surface area contributed by atoms with Gasteiger partial charge in [-0.05, 0) is 19.1 Å². The molecule has 0 unspecified atom stereocenters. The highest BCUT2D eigenvalue weighted by molar-refractivity contribution is 5.96. The second-order valence-electron chi connectivity index (χ2n) is 5.39. The number of hydrogen-bond donors (Lipinski definition) is 0. The first-order chi connectivity index (χ1) is 12.2. The van der Waals surface area contributed by atoms with Crippen LogP contribution < -0.4 is 0 Å². The normalized spacial score (nSPS) is 10.6. The average molecular weight is 335 g/mol. The highest BCUT2D eigenvalue weighted by Crippen LogP contribution is 2.27. The van der Waals surface area contributed by atoms with Crippen molar-refractivity contribution in [3.05, 3.63) is 71.0 Å². The molecule has 0 radical (unpaired) electrons. The number of ether oxygens (including phenoxy) is 2. The van der Waals surface area contributed by atoms with Crippen LogP contribution in [0, 0.1) is 11.3 Å². The minimum atomic E-state index is -0.571. The molecule has 3 aromatic rings. The van der Waals surface area contributed by atoms with E-state index < -0.39 is 5.97 Å². The summed E-state index contributed by atoms with van der Waals surface area (Å²) in [6, 6.07) is 16.5. The molecule has 0 saturated heterocycles. The molecule has 0 saturated carbocycles. The second kappa shape index (κ2) is 7.65. The van der Waals surface area contributed by atoms with Gasteiger partial charge in [0.05, 0.1) is 18.2 Å². The van der Waals surface area contributed by atoms with E-state index >= 15 is 0 Å². The third-order valence-corrected chi connectivity index (χ3v) is 3.83. The molecule has 5 nitrogen and oxygen atoms in total. The lowest BCUT2D eigenvalue weighted by Crippen LogP contribution is -2.08. The predicted octanol–water partition coefficient (Wildman–Crippen LogP) is 4.20. The maximum absolute atomic E-state index is 12.5. The van der Waals surface area contributed by atoms with Crippen molar-refractivity contribution >= 4 is 16.9 Å². The molecule has 0 atom stereocenters. The third-order valence-electron chi connectivity index (χ3n) is 3.83. The molecule has 0 spiro atoms. The minimum Gasteiger partial charge on any atom is -0.455 e. The van der Waals surface area contributed by atoms with Crippen molar-refractivity contribution in [2.24, 2.45) is 0 Å². The molecule has 5 heteroatoms. The summed E-state index contributed by atoms with van der Waals surface area (Å²) in [4.78, 5) is 12.5. The van der Waals surface area contributed by atoms with Crippen LogP contribution in [-0.4, -0.2) is 12.6 Å². The maximum Gasteiger partial charge on any atom is 0.374 e. The Hall–Kier alpha value is -3.10. The van der Waals surface area contributed by atoms with E-state index in [9.17, 15) is 4.79 Å². The fourth-order valence-corrected chi connectivity index (χ4v) is 2.58. The van der Waals surface area contributed by atoms with E-state index in [1.807, 2.05) is 25.1 Å². The Balaban J connectivity index is 1.85. The molecule has 126 valence electrons. The third kappa shape index (κ3) is 3.54. The summed E-state index contributed by atoms with van der Waals surface area (Å²) in [5, 5.41) is 9.95. The first-order valence-corrected chi connectivity index (χ1v) is 7.98. The average Bonchev–Trinajstić information content (AvgIpc) is 3.03. The Kier molecular flexibility index (Phi) is 5.12. The Labute approximate surface area is 145 Å². The summed E-state index contributed by atoms with van der Waals surface area (Å²) >= 11 is 0. The molecule has 1 aromatic heterocycles. The van der Waals surface area contributed by atoms with E-state index in [1.165, 1.54) is 0 Å². The second-order valence-corrected chi connectivity index (χ2v) is 5.39. The lowest BCUT2D eigenvalue weighted by molar-refractivity contribution is 0.0430. The Morgan fingerprint density at radius 3 is 2.68 bits per heavy atom. The number of fused-ring (bicyclic) bond motifs is 1. The van der Waals surface area contributed by atoms with E-state index in [0.717, 1.165) is 5.39 Å². The van der Waals surface area contributed by atoms with Gasteiger partial charge in [0.2, 0.25) is 5.76 Å². The molecule has 25 heavy (non-hydrogen) atoms. The van der Waals surface area contributed by atoms with E-state index in [-0.39, 0.29) is 19.0 Å². The standard InChI is InChI=1S/C20H17NO4/c1-2-23-13-17-16-9-5-6-10-18(16)25-19(17)20(22)24-12-15-8-4-3-7-14(15)11-21/h3-10H,2,12-13H2,1H3. The molecule has 1 heterocycles. The van der Waals surface area contributed by atoms with E-state index in [1.54, 1.807) is 30.3 Å². The number of furan rings is 1. The zero-order chi connectivity index (χ0) is 17.6. The lowest BCUT2D eigenvalue weighted by atomic mass is 10.1. The molecule has 0 fully saturated rings. The smallest absolute Gasteiger partial charge is 0.374 e. The van der Waals surface area contributed by atoms with Gasteiger partial charge >= 0.3 is 5.97 Å². The van der Waals surface area contributed by atoms with Crippen LogP contribution in [0.25, 0.3) is 11.0 Å². The van der Waals surface area contributed by atoms with Gasteiger partial charge in [-0.15, -0.1) is 0 Å². The van der Waals surface area contributed by atoms with E-state index in [4.69, 9.17) is 19.2 Å². The quantitative estimate of drug-likeness (QED) is 0.631. The van der Waals surface area contributed by atoms with Gasteiger partial charge < -0.3 is 13.9 Å². The molecule has 0 amide bonds. The van der Waals surface area contributed by atoms with Gasteiger partial charge in [0.15, 0.2) is 0 Å². The Bertz CT molecular complexity index is 936. The van der Waals surface area contributed by atoms with Gasteiger partial charge in [-0.3, -0.25) is 0 Å². The number of benzene rings is 2. The molecule has 0 aliphatic carbocycles. The first-order valence-electron chi connectivity index (χ1n) is 7.98. The Morgan fingerprint density at radius 1 is 1.12 bits per heavy atom. The van der Waals surface area contributed by atoms with E-state index in [0.29, 0.717) is 28.9 Å². The molecule has 3 rings (SSSR count). The molecule has 2 aromatic carbocycles. The fourth-order valence-electron chi connectivity index (χ4n) is 2.58. The maximum atomic E-state index is 12.5. The van der Waals surface area contributed by atoms with Crippen molar-refractivity contribution in [3.8, 4) is 6.07 Å². The van der Waals surface area contributed by atoms with Crippen molar-refractivity contribution in [2.45, 2.75) is 20.1 Å². The van der Waals surface area contributed by atoms with Crippen LogP contribution >= 0.6 is 0 Å². The lowest BCUT2D eigenvalue weighted by Gasteiger charge is -2.06. The van der Waals surface area contributed by atoms with Crippen LogP contribution in [0.1, 0.15) is 34.2 Å². The molecule has 0 N–H and O–H groups in total. The van der Waals surface area contributed by atoms with Crippen LogP contribution in [0.3, 0.4) is 0 Å². The number of rotatable bonds is 6. The molecular weight excluding hydrogens is 318 g/mol. The van der Waals surface area contributed by atoms with Gasteiger partial charge in [0.1, 0.15) is 12.2 Å². The fraction of sp³-hybridized carbons (Fsp3) is 0.200. The van der Waals surface area contributed by atoms with Gasteiger partial charge in [0, 0.05) is 23.1 Å². The first kappa shape index (κ1) is 16.7. The molecule has 0 aliphatic heterocycles. The topological polar surface area (TPSA) is 72.5 Å². The summed E-state index contributed by atoms with van der Waals surface area (Å²) < 4.78 is 16.5. The zero-order valence-corrected chi connectivity index (χ0v) is 13.8. The predicted molar refractivity (Wildman–Crippen MR) is 91.8 cm³/mol. The van der Waals surface area contributed by atoms with Crippen molar-refractivity contribution in [1.29, 1.82) is 5.26 Å². The van der Waals surface area contributed by atoms with Crippen LogP contribution in [0.4, 0.5) is 0 Å². The number of nitrogens with zero attached hydrogens (tertiary/aromatic N) is 1. The number of esters is 1. The van der Waals surface area contributed by atoms with Crippen molar-refractivity contribution in [2.75, 3.05) is 6.61 Å². The van der Waals surface area contributed by atoms with Crippen LogP contribution in [0.15, 0.2) is 52.9 Å².